The lowest BCUT2D eigenvalue weighted by Crippen LogP contribution is -2.10. The van der Waals surface area contributed by atoms with Crippen LogP contribution in [0.1, 0.15) is 5.56 Å². The summed E-state index contributed by atoms with van der Waals surface area (Å²) in [6.07, 6.45) is 1.74. The van der Waals surface area contributed by atoms with Crippen molar-refractivity contribution >= 4 is 5.82 Å². The van der Waals surface area contributed by atoms with E-state index in [0.29, 0.717) is 37.0 Å². The lowest BCUT2D eigenvalue weighted by atomic mass is 10.2. The molecule has 6 heteroatoms. The van der Waals surface area contributed by atoms with Crippen LogP contribution in [0.2, 0.25) is 0 Å². The maximum absolute atomic E-state index is 12.9. The van der Waals surface area contributed by atoms with Crippen molar-refractivity contribution in [1.29, 1.82) is 0 Å². The van der Waals surface area contributed by atoms with E-state index in [-0.39, 0.29) is 5.82 Å². The minimum Gasteiger partial charge on any atom is -0.493 e. The molecule has 0 atom stereocenters. The smallest absolute Gasteiger partial charge is 0.161 e. The van der Waals surface area contributed by atoms with Crippen molar-refractivity contribution in [3.05, 3.63) is 78.2 Å². The monoisotopic (exact) mass is 368 g/mol. The molecule has 2 aromatic carbocycles. The summed E-state index contributed by atoms with van der Waals surface area (Å²) in [5, 5.41) is 3.26. The van der Waals surface area contributed by atoms with Crippen LogP contribution in [0.4, 0.5) is 10.2 Å². The third-order valence-corrected chi connectivity index (χ3v) is 3.79. The Bertz CT molecular complexity index is 842. The maximum Gasteiger partial charge on any atom is 0.161 e. The number of benzene rings is 2. The zero-order chi connectivity index (χ0) is 18.9. The molecule has 5 nitrogen and oxygen atoms in total. The number of hydrogen-bond donors (Lipinski definition) is 1. The fourth-order valence-corrected chi connectivity index (χ4v) is 2.45. The lowest BCUT2D eigenvalue weighted by molar-refractivity contribution is 0.211. The van der Waals surface area contributed by atoms with Crippen molar-refractivity contribution < 1.29 is 18.6 Å². The minimum atomic E-state index is -0.292. The second kappa shape index (κ2) is 9.43. The van der Waals surface area contributed by atoms with Crippen LogP contribution in [0.3, 0.4) is 0 Å². The molecule has 0 saturated heterocycles. The first-order chi connectivity index (χ1) is 13.2. The molecule has 27 heavy (non-hydrogen) atoms. The SMILES string of the molecule is COc1ccc(CNc2ccccn2)cc1OCCOc1ccc(F)cc1. The number of anilines is 1. The number of aromatic nitrogens is 1. The molecule has 0 amide bonds. The Morgan fingerprint density at radius 1 is 0.926 bits per heavy atom. The van der Waals surface area contributed by atoms with Crippen LogP contribution in [0, 0.1) is 5.82 Å². The second-order valence-electron chi connectivity index (χ2n) is 5.70. The van der Waals surface area contributed by atoms with Gasteiger partial charge in [-0.05, 0) is 54.1 Å². The molecule has 140 valence electrons. The molecule has 3 rings (SSSR count). The molecule has 0 bridgehead atoms. The molecular formula is C21H21FN2O3. The zero-order valence-corrected chi connectivity index (χ0v) is 15.0. The molecule has 0 unspecified atom stereocenters. The molecule has 0 aliphatic heterocycles. The highest BCUT2D eigenvalue weighted by Gasteiger charge is 2.07. The van der Waals surface area contributed by atoms with E-state index < -0.39 is 0 Å². The Labute approximate surface area is 157 Å². The minimum absolute atomic E-state index is 0.292. The number of rotatable bonds is 9. The van der Waals surface area contributed by atoms with Crippen LogP contribution in [-0.4, -0.2) is 25.3 Å². The summed E-state index contributed by atoms with van der Waals surface area (Å²) in [6, 6.07) is 17.4. The number of ether oxygens (including phenoxy) is 3. The molecule has 0 fully saturated rings. The fourth-order valence-electron chi connectivity index (χ4n) is 2.45. The van der Waals surface area contributed by atoms with Crippen molar-refractivity contribution in [2.75, 3.05) is 25.6 Å². The highest BCUT2D eigenvalue weighted by atomic mass is 19.1. The Kier molecular flexibility index (Phi) is 6.46. The van der Waals surface area contributed by atoms with Crippen molar-refractivity contribution in [1.82, 2.24) is 4.98 Å². The number of halogens is 1. The van der Waals surface area contributed by atoms with Gasteiger partial charge in [0.2, 0.25) is 0 Å². The van der Waals surface area contributed by atoms with Crippen molar-refractivity contribution in [3.63, 3.8) is 0 Å². The van der Waals surface area contributed by atoms with E-state index in [9.17, 15) is 4.39 Å². The molecule has 0 spiro atoms. The summed E-state index contributed by atoms with van der Waals surface area (Å²) in [4.78, 5) is 4.24. The van der Waals surface area contributed by atoms with E-state index in [1.807, 2.05) is 36.4 Å². The molecule has 1 heterocycles. The highest BCUT2D eigenvalue weighted by Crippen LogP contribution is 2.28. The van der Waals surface area contributed by atoms with Gasteiger partial charge >= 0.3 is 0 Å². The summed E-state index contributed by atoms with van der Waals surface area (Å²) in [7, 11) is 1.60. The van der Waals surface area contributed by atoms with Gasteiger partial charge in [-0.15, -0.1) is 0 Å². The van der Waals surface area contributed by atoms with E-state index >= 15 is 0 Å². The van der Waals surface area contributed by atoms with Crippen LogP contribution >= 0.6 is 0 Å². The fraction of sp³-hybridized carbons (Fsp3) is 0.190. The van der Waals surface area contributed by atoms with Gasteiger partial charge in [-0.1, -0.05) is 12.1 Å². The van der Waals surface area contributed by atoms with E-state index in [1.54, 1.807) is 25.4 Å². The first-order valence-corrected chi connectivity index (χ1v) is 8.57. The summed E-state index contributed by atoms with van der Waals surface area (Å²) in [5.74, 6) is 2.40. The molecule has 0 aliphatic rings. The summed E-state index contributed by atoms with van der Waals surface area (Å²) in [5.41, 5.74) is 1.04. The van der Waals surface area contributed by atoms with Crippen LogP contribution in [0.25, 0.3) is 0 Å². The van der Waals surface area contributed by atoms with Gasteiger partial charge in [0.1, 0.15) is 30.6 Å². The van der Waals surface area contributed by atoms with Crippen LogP contribution in [-0.2, 0) is 6.54 Å². The topological polar surface area (TPSA) is 52.6 Å². The molecule has 0 saturated carbocycles. The Balaban J connectivity index is 1.54. The van der Waals surface area contributed by atoms with Gasteiger partial charge in [0, 0.05) is 12.7 Å². The third-order valence-electron chi connectivity index (χ3n) is 3.79. The van der Waals surface area contributed by atoms with E-state index in [4.69, 9.17) is 14.2 Å². The van der Waals surface area contributed by atoms with E-state index in [0.717, 1.165) is 11.4 Å². The average Bonchev–Trinajstić information content (AvgIpc) is 2.72. The molecule has 0 aliphatic carbocycles. The third kappa shape index (κ3) is 5.60. The summed E-state index contributed by atoms with van der Waals surface area (Å²) in [6.45, 7) is 1.29. The molecule has 3 aromatic rings. The number of pyridine rings is 1. The highest BCUT2D eigenvalue weighted by molar-refractivity contribution is 5.44. The van der Waals surface area contributed by atoms with Crippen molar-refractivity contribution in [2.24, 2.45) is 0 Å². The average molecular weight is 368 g/mol. The number of methoxy groups -OCH3 is 1. The molecule has 1 N–H and O–H groups in total. The molecular weight excluding hydrogens is 347 g/mol. The van der Waals surface area contributed by atoms with Gasteiger partial charge < -0.3 is 19.5 Å². The maximum atomic E-state index is 12.9. The lowest BCUT2D eigenvalue weighted by Gasteiger charge is -2.13. The molecule has 0 radical (unpaired) electrons. The second-order valence-corrected chi connectivity index (χ2v) is 5.70. The first-order valence-electron chi connectivity index (χ1n) is 8.57. The van der Waals surface area contributed by atoms with Crippen molar-refractivity contribution in [2.45, 2.75) is 6.54 Å². The van der Waals surface area contributed by atoms with Gasteiger partial charge in [0.05, 0.1) is 7.11 Å². The zero-order valence-electron chi connectivity index (χ0n) is 15.0. The van der Waals surface area contributed by atoms with Crippen LogP contribution < -0.4 is 19.5 Å². The van der Waals surface area contributed by atoms with Gasteiger partial charge in [0.25, 0.3) is 0 Å². The van der Waals surface area contributed by atoms with E-state index in [2.05, 4.69) is 10.3 Å². The van der Waals surface area contributed by atoms with Gasteiger partial charge in [-0.3, -0.25) is 0 Å². The van der Waals surface area contributed by atoms with Crippen molar-refractivity contribution in [3.8, 4) is 17.2 Å². The van der Waals surface area contributed by atoms with Crippen LogP contribution in [0.15, 0.2) is 66.9 Å². The van der Waals surface area contributed by atoms with Crippen LogP contribution in [0.5, 0.6) is 17.2 Å². The number of hydrogen-bond acceptors (Lipinski definition) is 5. The Hall–Kier alpha value is -3.28. The van der Waals surface area contributed by atoms with Gasteiger partial charge in [-0.2, -0.15) is 0 Å². The number of nitrogens with one attached hydrogen (secondary N) is 1. The predicted octanol–water partition coefficient (Wildman–Crippen LogP) is 4.30. The van der Waals surface area contributed by atoms with E-state index in [1.165, 1.54) is 12.1 Å². The Morgan fingerprint density at radius 2 is 1.74 bits per heavy atom. The summed E-state index contributed by atoms with van der Waals surface area (Å²) < 4.78 is 29.6. The van der Waals surface area contributed by atoms with Gasteiger partial charge in [-0.25, -0.2) is 9.37 Å². The standard InChI is InChI=1S/C21H21FN2O3/c1-25-19-10-5-16(15-24-21-4-2-3-11-23-21)14-20(19)27-13-12-26-18-8-6-17(22)7-9-18/h2-11,14H,12-13,15H2,1H3,(H,23,24). The largest absolute Gasteiger partial charge is 0.493 e. The quantitative estimate of drug-likeness (QED) is 0.571. The molecule has 1 aromatic heterocycles. The first kappa shape index (κ1) is 18.5. The Morgan fingerprint density at radius 3 is 2.48 bits per heavy atom. The van der Waals surface area contributed by atoms with Gasteiger partial charge in [0.15, 0.2) is 11.5 Å². The predicted molar refractivity (Wildman–Crippen MR) is 102 cm³/mol. The summed E-state index contributed by atoms with van der Waals surface area (Å²) >= 11 is 0. The number of nitrogens with zero attached hydrogens (tertiary/aromatic N) is 1. The normalized spacial score (nSPS) is 10.3.